The van der Waals surface area contributed by atoms with Crippen molar-refractivity contribution in [2.75, 3.05) is 5.32 Å². The van der Waals surface area contributed by atoms with Crippen molar-refractivity contribution in [3.63, 3.8) is 0 Å². The van der Waals surface area contributed by atoms with Crippen LogP contribution in [0.1, 0.15) is 0 Å². The van der Waals surface area contributed by atoms with E-state index in [1.54, 1.807) is 0 Å². The van der Waals surface area contributed by atoms with Crippen molar-refractivity contribution in [3.8, 4) is 11.3 Å². The molecule has 26 heavy (non-hydrogen) atoms. The van der Waals surface area contributed by atoms with Gasteiger partial charge in [0.15, 0.2) is 0 Å². The van der Waals surface area contributed by atoms with Crippen LogP contribution in [0.15, 0.2) is 59.4 Å². The van der Waals surface area contributed by atoms with Gasteiger partial charge < -0.3 is 5.32 Å². The van der Waals surface area contributed by atoms with Crippen LogP contribution in [-0.4, -0.2) is 15.7 Å². The zero-order valence-corrected chi connectivity index (χ0v) is 14.0. The molecule has 0 radical (unpaired) electrons. The number of benzene rings is 2. The molecule has 0 spiro atoms. The number of carbonyl (C=O) groups excluding carboxylic acids is 1. The molecule has 0 fully saturated rings. The van der Waals surface area contributed by atoms with Crippen molar-refractivity contribution < 1.29 is 13.6 Å². The number of rotatable bonds is 4. The lowest BCUT2D eigenvalue weighted by Gasteiger charge is -2.09. The topological polar surface area (TPSA) is 64.0 Å². The van der Waals surface area contributed by atoms with Gasteiger partial charge in [0, 0.05) is 17.3 Å². The summed E-state index contributed by atoms with van der Waals surface area (Å²) in [5.74, 6) is -1.52. The fourth-order valence-electron chi connectivity index (χ4n) is 2.25. The van der Waals surface area contributed by atoms with Crippen LogP contribution in [0.3, 0.4) is 0 Å². The second-order valence-electron chi connectivity index (χ2n) is 5.40. The van der Waals surface area contributed by atoms with Gasteiger partial charge in [0.1, 0.15) is 18.2 Å². The van der Waals surface area contributed by atoms with E-state index >= 15 is 0 Å². The van der Waals surface area contributed by atoms with Crippen LogP contribution >= 0.6 is 11.6 Å². The number of nitrogens with zero attached hydrogens (tertiary/aromatic N) is 2. The monoisotopic (exact) mass is 375 g/mol. The van der Waals surface area contributed by atoms with E-state index in [0.29, 0.717) is 16.9 Å². The Balaban J connectivity index is 1.79. The molecule has 132 valence electrons. The van der Waals surface area contributed by atoms with E-state index in [0.717, 1.165) is 10.7 Å². The maximum atomic E-state index is 13.1. The molecule has 0 atom stereocenters. The number of anilines is 1. The molecule has 2 aromatic carbocycles. The molecule has 1 N–H and O–H groups in total. The molecule has 8 heteroatoms. The molecule has 3 aromatic rings. The Hall–Kier alpha value is -3.06. The molecule has 0 saturated heterocycles. The summed E-state index contributed by atoms with van der Waals surface area (Å²) in [5, 5.41) is 6.50. The maximum absolute atomic E-state index is 13.1. The fraction of sp³-hybridized carbons (Fsp3) is 0.0556. The summed E-state index contributed by atoms with van der Waals surface area (Å²) in [6.45, 7) is -0.344. The summed E-state index contributed by atoms with van der Waals surface area (Å²) >= 11 is 5.66. The predicted molar refractivity (Wildman–Crippen MR) is 93.9 cm³/mol. The minimum absolute atomic E-state index is 0.128. The number of amides is 1. The van der Waals surface area contributed by atoms with Gasteiger partial charge in [-0.05, 0) is 48.5 Å². The highest BCUT2D eigenvalue weighted by atomic mass is 35.5. The van der Waals surface area contributed by atoms with E-state index in [1.165, 1.54) is 48.5 Å². The van der Waals surface area contributed by atoms with E-state index in [9.17, 15) is 18.4 Å². The van der Waals surface area contributed by atoms with Crippen molar-refractivity contribution in [3.05, 3.63) is 81.6 Å². The number of nitrogens with one attached hydrogen (secondary N) is 1. The van der Waals surface area contributed by atoms with Crippen LogP contribution in [0.4, 0.5) is 14.5 Å². The Morgan fingerprint density at radius 1 is 1.08 bits per heavy atom. The normalized spacial score (nSPS) is 10.6. The van der Waals surface area contributed by atoms with Crippen molar-refractivity contribution in [2.24, 2.45) is 0 Å². The van der Waals surface area contributed by atoms with E-state index in [-0.39, 0.29) is 17.4 Å². The molecule has 0 aliphatic heterocycles. The minimum atomic E-state index is -0.602. The molecular formula is C18H12ClF2N3O2. The van der Waals surface area contributed by atoms with Gasteiger partial charge in [0.25, 0.3) is 5.56 Å². The lowest BCUT2D eigenvalue weighted by molar-refractivity contribution is -0.117. The summed E-state index contributed by atoms with van der Waals surface area (Å²) in [7, 11) is 0. The number of halogens is 3. The predicted octanol–water partition coefficient (Wildman–Crippen LogP) is 3.48. The molecule has 0 aliphatic carbocycles. The van der Waals surface area contributed by atoms with E-state index < -0.39 is 17.3 Å². The summed E-state index contributed by atoms with van der Waals surface area (Å²) < 4.78 is 27.1. The highest BCUT2D eigenvalue weighted by molar-refractivity contribution is 6.31. The average molecular weight is 376 g/mol. The van der Waals surface area contributed by atoms with Crippen LogP contribution in [0, 0.1) is 11.6 Å². The van der Waals surface area contributed by atoms with Gasteiger partial charge >= 0.3 is 0 Å². The van der Waals surface area contributed by atoms with Gasteiger partial charge in [-0.25, -0.2) is 13.5 Å². The number of aromatic nitrogens is 2. The lowest BCUT2D eigenvalue weighted by atomic mass is 10.1. The largest absolute Gasteiger partial charge is 0.324 e. The summed E-state index contributed by atoms with van der Waals surface area (Å²) in [5.41, 5.74) is 0.848. The second kappa shape index (κ2) is 7.45. The number of hydrogen-bond acceptors (Lipinski definition) is 3. The molecule has 5 nitrogen and oxygen atoms in total. The van der Waals surface area contributed by atoms with Crippen molar-refractivity contribution >= 4 is 23.2 Å². The molecule has 0 unspecified atom stereocenters. The molecule has 0 aliphatic rings. The van der Waals surface area contributed by atoms with Gasteiger partial charge in [-0.15, -0.1) is 0 Å². The maximum Gasteiger partial charge on any atom is 0.267 e. The van der Waals surface area contributed by atoms with E-state index in [2.05, 4.69) is 10.4 Å². The quantitative estimate of drug-likeness (QED) is 0.759. The summed E-state index contributed by atoms with van der Waals surface area (Å²) in [6, 6.07) is 12.1. The molecule has 3 rings (SSSR count). The molecule has 1 amide bonds. The smallest absolute Gasteiger partial charge is 0.267 e. The Bertz CT molecular complexity index is 1020. The first-order valence-corrected chi connectivity index (χ1v) is 7.89. The second-order valence-corrected chi connectivity index (χ2v) is 5.81. The number of hydrogen-bond donors (Lipinski definition) is 1. The van der Waals surface area contributed by atoms with Crippen LogP contribution in [0.25, 0.3) is 11.3 Å². The Morgan fingerprint density at radius 2 is 1.81 bits per heavy atom. The van der Waals surface area contributed by atoms with Gasteiger partial charge in [-0.3, -0.25) is 9.59 Å². The van der Waals surface area contributed by atoms with Gasteiger partial charge in [-0.1, -0.05) is 11.6 Å². The highest BCUT2D eigenvalue weighted by Crippen LogP contribution is 2.19. The first-order chi connectivity index (χ1) is 12.4. The zero-order chi connectivity index (χ0) is 18.7. The van der Waals surface area contributed by atoms with E-state index in [1.807, 2.05) is 0 Å². The highest BCUT2D eigenvalue weighted by Gasteiger charge is 2.10. The van der Waals surface area contributed by atoms with Crippen molar-refractivity contribution in [1.29, 1.82) is 0 Å². The average Bonchev–Trinajstić information content (AvgIpc) is 2.61. The zero-order valence-electron chi connectivity index (χ0n) is 13.2. The Labute approximate surface area is 151 Å². The SMILES string of the molecule is O=C(Cn1nc(-c2ccc(F)cc2)ccc1=O)Nc1ccc(F)c(Cl)c1. The van der Waals surface area contributed by atoms with Gasteiger partial charge in [-0.2, -0.15) is 5.10 Å². The standard InChI is InChI=1S/C18H12ClF2N3O2/c19-14-9-13(5-6-15(14)21)22-17(25)10-24-18(26)8-7-16(23-24)11-1-3-12(20)4-2-11/h1-9H,10H2,(H,22,25). The first kappa shape index (κ1) is 17.8. The van der Waals surface area contributed by atoms with Crippen LogP contribution < -0.4 is 10.9 Å². The van der Waals surface area contributed by atoms with E-state index in [4.69, 9.17) is 11.6 Å². The molecule has 0 saturated carbocycles. The van der Waals surface area contributed by atoms with Gasteiger partial charge in [0.2, 0.25) is 5.91 Å². The summed E-state index contributed by atoms with van der Waals surface area (Å²) in [6.07, 6.45) is 0. The third-order valence-corrected chi connectivity index (χ3v) is 3.79. The van der Waals surface area contributed by atoms with Crippen molar-refractivity contribution in [1.82, 2.24) is 9.78 Å². The molecular weight excluding hydrogens is 364 g/mol. The molecule has 0 bridgehead atoms. The van der Waals surface area contributed by atoms with Crippen molar-refractivity contribution in [2.45, 2.75) is 6.54 Å². The van der Waals surface area contributed by atoms with Crippen LogP contribution in [0.2, 0.25) is 5.02 Å². The van der Waals surface area contributed by atoms with Crippen LogP contribution in [0.5, 0.6) is 0 Å². The van der Waals surface area contributed by atoms with Crippen LogP contribution in [-0.2, 0) is 11.3 Å². The Morgan fingerprint density at radius 3 is 2.50 bits per heavy atom. The molecule has 1 aromatic heterocycles. The lowest BCUT2D eigenvalue weighted by Crippen LogP contribution is -2.29. The fourth-order valence-corrected chi connectivity index (χ4v) is 2.43. The minimum Gasteiger partial charge on any atom is -0.324 e. The third-order valence-electron chi connectivity index (χ3n) is 3.50. The molecule has 1 heterocycles. The first-order valence-electron chi connectivity index (χ1n) is 7.51. The van der Waals surface area contributed by atoms with Gasteiger partial charge in [0.05, 0.1) is 10.7 Å². The third kappa shape index (κ3) is 4.12. The Kier molecular flexibility index (Phi) is 5.09. The summed E-state index contributed by atoms with van der Waals surface area (Å²) in [4.78, 5) is 24.1. The number of carbonyl (C=O) groups is 1.